The Morgan fingerprint density at radius 1 is 1.33 bits per heavy atom. The third kappa shape index (κ3) is 4.68. The first-order valence-corrected chi connectivity index (χ1v) is 8.05. The van der Waals surface area contributed by atoms with Gasteiger partial charge in [-0.3, -0.25) is 0 Å². The topological polar surface area (TPSA) is 37.4 Å². The van der Waals surface area contributed by atoms with E-state index in [4.69, 9.17) is 9.72 Å². The molecule has 2 heterocycles. The molecule has 0 spiro atoms. The van der Waals surface area contributed by atoms with Gasteiger partial charge in [0, 0.05) is 38.5 Å². The van der Waals surface area contributed by atoms with Crippen LogP contribution in [-0.4, -0.2) is 37.8 Å². The highest BCUT2D eigenvalue weighted by atomic mass is 16.5. The molecule has 1 aliphatic heterocycles. The largest absolute Gasteiger partial charge is 0.381 e. The van der Waals surface area contributed by atoms with Gasteiger partial charge in [0.05, 0.1) is 0 Å². The Bertz CT molecular complexity index is 442. The second-order valence-corrected chi connectivity index (χ2v) is 6.39. The Morgan fingerprint density at radius 2 is 2.05 bits per heavy atom. The van der Waals surface area contributed by atoms with Crippen molar-refractivity contribution in [3.63, 3.8) is 0 Å². The van der Waals surface area contributed by atoms with E-state index in [1.54, 1.807) is 0 Å². The number of anilines is 1. The van der Waals surface area contributed by atoms with Crippen molar-refractivity contribution in [2.45, 2.75) is 46.2 Å². The van der Waals surface area contributed by atoms with Crippen LogP contribution in [0.15, 0.2) is 12.1 Å². The van der Waals surface area contributed by atoms with Gasteiger partial charge in [-0.1, -0.05) is 19.9 Å². The van der Waals surface area contributed by atoms with E-state index in [2.05, 4.69) is 50.2 Å². The van der Waals surface area contributed by atoms with Crippen LogP contribution < -0.4 is 10.2 Å². The van der Waals surface area contributed by atoms with Crippen molar-refractivity contribution in [3.8, 4) is 0 Å². The summed E-state index contributed by atoms with van der Waals surface area (Å²) in [5.41, 5.74) is 2.42. The van der Waals surface area contributed by atoms with E-state index in [0.29, 0.717) is 12.0 Å². The smallest absolute Gasteiger partial charge is 0.128 e. The maximum atomic E-state index is 5.44. The molecule has 1 saturated heterocycles. The quantitative estimate of drug-likeness (QED) is 0.874. The van der Waals surface area contributed by atoms with E-state index in [0.717, 1.165) is 50.7 Å². The molecule has 1 fully saturated rings. The second kappa shape index (κ2) is 7.76. The zero-order valence-electron chi connectivity index (χ0n) is 13.9. The molecule has 0 amide bonds. The zero-order chi connectivity index (χ0) is 15.2. The monoisotopic (exact) mass is 291 g/mol. The lowest BCUT2D eigenvalue weighted by Gasteiger charge is -2.32. The van der Waals surface area contributed by atoms with Crippen molar-refractivity contribution in [3.05, 3.63) is 23.4 Å². The fourth-order valence-electron chi connectivity index (χ4n) is 2.71. The number of pyridine rings is 1. The molecule has 4 heteroatoms. The standard InChI is InChI=1S/C17H29N3O/c1-13(2)11-18-12-15-5-6-17(19-14(15)3)20(4)16-7-9-21-10-8-16/h5-6,13,16,18H,7-12H2,1-4H3. The summed E-state index contributed by atoms with van der Waals surface area (Å²) >= 11 is 0. The van der Waals surface area contributed by atoms with Crippen LogP contribution in [0.5, 0.6) is 0 Å². The summed E-state index contributed by atoms with van der Waals surface area (Å²) in [6, 6.07) is 4.91. The first-order chi connectivity index (χ1) is 10.1. The van der Waals surface area contributed by atoms with E-state index in [-0.39, 0.29) is 0 Å². The number of hydrogen-bond acceptors (Lipinski definition) is 4. The third-order valence-electron chi connectivity index (χ3n) is 4.15. The molecule has 0 aliphatic carbocycles. The van der Waals surface area contributed by atoms with Crippen molar-refractivity contribution < 1.29 is 4.74 Å². The molecule has 0 bridgehead atoms. The molecule has 21 heavy (non-hydrogen) atoms. The molecule has 4 nitrogen and oxygen atoms in total. The maximum absolute atomic E-state index is 5.44. The molecule has 0 atom stereocenters. The molecule has 0 saturated carbocycles. The van der Waals surface area contributed by atoms with E-state index in [1.165, 1.54) is 5.56 Å². The van der Waals surface area contributed by atoms with Gasteiger partial charge in [0.25, 0.3) is 0 Å². The van der Waals surface area contributed by atoms with Gasteiger partial charge in [0.1, 0.15) is 5.82 Å². The fourth-order valence-corrected chi connectivity index (χ4v) is 2.71. The molecular weight excluding hydrogens is 262 g/mol. The number of aryl methyl sites for hydroxylation is 1. The summed E-state index contributed by atoms with van der Waals surface area (Å²) in [5, 5.41) is 3.48. The summed E-state index contributed by atoms with van der Waals surface area (Å²) in [4.78, 5) is 7.10. The van der Waals surface area contributed by atoms with Crippen molar-refractivity contribution in [1.29, 1.82) is 0 Å². The predicted molar refractivity (Wildman–Crippen MR) is 87.8 cm³/mol. The van der Waals surface area contributed by atoms with E-state index in [1.807, 2.05) is 0 Å². The Labute approximate surface area is 128 Å². The number of ether oxygens (including phenoxy) is 1. The number of hydrogen-bond donors (Lipinski definition) is 1. The first kappa shape index (κ1) is 16.2. The SMILES string of the molecule is Cc1nc(N(C)C2CCOCC2)ccc1CNCC(C)C. The van der Waals surface area contributed by atoms with Crippen LogP contribution in [0.1, 0.15) is 37.9 Å². The Balaban J connectivity index is 1.97. The normalized spacial score (nSPS) is 16.4. The van der Waals surface area contributed by atoms with Gasteiger partial charge in [-0.15, -0.1) is 0 Å². The van der Waals surface area contributed by atoms with Crippen LogP contribution in [0.3, 0.4) is 0 Å². The van der Waals surface area contributed by atoms with Gasteiger partial charge >= 0.3 is 0 Å². The highest BCUT2D eigenvalue weighted by Crippen LogP contribution is 2.20. The lowest BCUT2D eigenvalue weighted by Crippen LogP contribution is -2.37. The first-order valence-electron chi connectivity index (χ1n) is 8.05. The van der Waals surface area contributed by atoms with E-state index < -0.39 is 0 Å². The van der Waals surface area contributed by atoms with Crippen LogP contribution in [-0.2, 0) is 11.3 Å². The number of nitrogens with zero attached hydrogens (tertiary/aromatic N) is 2. The van der Waals surface area contributed by atoms with Crippen molar-refractivity contribution in [1.82, 2.24) is 10.3 Å². The van der Waals surface area contributed by atoms with Crippen LogP contribution >= 0.6 is 0 Å². The summed E-state index contributed by atoms with van der Waals surface area (Å²) < 4.78 is 5.44. The van der Waals surface area contributed by atoms with Gasteiger partial charge in [-0.2, -0.15) is 0 Å². The van der Waals surface area contributed by atoms with Crippen LogP contribution in [0.2, 0.25) is 0 Å². The number of nitrogens with one attached hydrogen (secondary N) is 1. The van der Waals surface area contributed by atoms with Gasteiger partial charge < -0.3 is 15.0 Å². The van der Waals surface area contributed by atoms with Crippen LogP contribution in [0, 0.1) is 12.8 Å². The molecule has 1 aliphatic rings. The van der Waals surface area contributed by atoms with E-state index >= 15 is 0 Å². The summed E-state index contributed by atoms with van der Waals surface area (Å²) in [5.74, 6) is 1.75. The summed E-state index contributed by atoms with van der Waals surface area (Å²) in [7, 11) is 2.15. The van der Waals surface area contributed by atoms with Gasteiger partial charge in [0.15, 0.2) is 0 Å². The van der Waals surface area contributed by atoms with Crippen LogP contribution in [0.25, 0.3) is 0 Å². The minimum atomic E-state index is 0.551. The molecule has 1 aromatic heterocycles. The van der Waals surface area contributed by atoms with Crippen LogP contribution in [0.4, 0.5) is 5.82 Å². The Hall–Kier alpha value is -1.13. The molecule has 0 aromatic carbocycles. The van der Waals surface area contributed by atoms with Gasteiger partial charge in [-0.05, 0) is 43.9 Å². The average molecular weight is 291 g/mol. The highest BCUT2D eigenvalue weighted by molar-refractivity contribution is 5.42. The second-order valence-electron chi connectivity index (χ2n) is 6.39. The minimum Gasteiger partial charge on any atom is -0.381 e. The minimum absolute atomic E-state index is 0.551. The number of rotatable bonds is 6. The lowest BCUT2D eigenvalue weighted by atomic mass is 10.1. The lowest BCUT2D eigenvalue weighted by molar-refractivity contribution is 0.0853. The number of aromatic nitrogens is 1. The molecule has 2 rings (SSSR count). The predicted octanol–water partition coefficient (Wildman–Crippen LogP) is 2.75. The molecule has 0 radical (unpaired) electrons. The Morgan fingerprint density at radius 3 is 2.67 bits per heavy atom. The van der Waals surface area contributed by atoms with Gasteiger partial charge in [0.2, 0.25) is 0 Å². The van der Waals surface area contributed by atoms with Crippen molar-refractivity contribution in [2.24, 2.45) is 5.92 Å². The molecule has 118 valence electrons. The molecule has 1 N–H and O–H groups in total. The zero-order valence-corrected chi connectivity index (χ0v) is 13.9. The molecule has 0 unspecified atom stereocenters. The average Bonchev–Trinajstić information content (AvgIpc) is 2.48. The van der Waals surface area contributed by atoms with Gasteiger partial charge in [-0.25, -0.2) is 4.98 Å². The van der Waals surface area contributed by atoms with Crippen molar-refractivity contribution >= 4 is 5.82 Å². The summed E-state index contributed by atoms with van der Waals surface area (Å²) in [6.45, 7) is 10.2. The molecular formula is C17H29N3O. The Kier molecular flexibility index (Phi) is 6.00. The van der Waals surface area contributed by atoms with E-state index in [9.17, 15) is 0 Å². The van der Waals surface area contributed by atoms with Crippen molar-refractivity contribution in [2.75, 3.05) is 31.7 Å². The maximum Gasteiger partial charge on any atom is 0.128 e. The fraction of sp³-hybridized carbons (Fsp3) is 0.706. The summed E-state index contributed by atoms with van der Waals surface area (Å²) in [6.07, 6.45) is 2.18. The highest BCUT2D eigenvalue weighted by Gasteiger charge is 2.19. The molecule has 1 aromatic rings. The third-order valence-corrected chi connectivity index (χ3v) is 4.15.